The molecule has 2 fully saturated rings. The molecule has 2 heterocycles. The second-order valence-electron chi connectivity index (χ2n) is 7.18. The van der Waals surface area contributed by atoms with Crippen molar-refractivity contribution in [1.29, 1.82) is 0 Å². The number of hydrogen-bond acceptors (Lipinski definition) is 5. The number of hydroxylamine groups is 1. The van der Waals surface area contributed by atoms with Crippen LogP contribution in [0.15, 0.2) is 22.8 Å². The zero-order valence-electron chi connectivity index (χ0n) is 15.5. The Morgan fingerprint density at radius 2 is 1.78 bits per heavy atom. The summed E-state index contributed by atoms with van der Waals surface area (Å²) in [5.74, 6) is 0.302. The number of furan rings is 1. The van der Waals surface area contributed by atoms with E-state index < -0.39 is 12.0 Å². The fourth-order valence-corrected chi connectivity index (χ4v) is 3.68. The minimum absolute atomic E-state index is 0.186. The van der Waals surface area contributed by atoms with Crippen molar-refractivity contribution in [2.45, 2.75) is 44.9 Å². The highest BCUT2D eigenvalue weighted by Gasteiger charge is 2.26. The van der Waals surface area contributed by atoms with Gasteiger partial charge in [-0.2, -0.15) is 5.48 Å². The van der Waals surface area contributed by atoms with Crippen molar-refractivity contribution in [2.24, 2.45) is 5.92 Å². The van der Waals surface area contributed by atoms with Crippen molar-refractivity contribution in [1.82, 2.24) is 15.3 Å². The van der Waals surface area contributed by atoms with Crippen molar-refractivity contribution >= 4 is 17.9 Å². The first-order valence-corrected chi connectivity index (χ1v) is 9.71. The van der Waals surface area contributed by atoms with Crippen molar-refractivity contribution in [2.75, 3.05) is 26.2 Å². The first-order chi connectivity index (χ1) is 13.1. The van der Waals surface area contributed by atoms with Crippen molar-refractivity contribution in [3.05, 3.63) is 24.2 Å². The number of amides is 3. The third-order valence-corrected chi connectivity index (χ3v) is 5.32. The van der Waals surface area contributed by atoms with E-state index >= 15 is 0 Å². The maximum Gasteiger partial charge on any atom is 0.350 e. The summed E-state index contributed by atoms with van der Waals surface area (Å²) in [6, 6.07) is 2.83. The molecule has 1 aromatic rings. The predicted molar refractivity (Wildman–Crippen MR) is 96.6 cm³/mol. The summed E-state index contributed by atoms with van der Waals surface area (Å²) in [6.07, 6.45) is 8.74. The molecule has 1 aliphatic carbocycles. The molecule has 0 radical (unpaired) electrons. The Balaban J connectivity index is 1.33. The summed E-state index contributed by atoms with van der Waals surface area (Å²) in [5.41, 5.74) is 2.23. The molecule has 1 aliphatic heterocycles. The van der Waals surface area contributed by atoms with Crippen LogP contribution in [0.5, 0.6) is 0 Å². The highest BCUT2D eigenvalue weighted by Crippen LogP contribution is 2.27. The van der Waals surface area contributed by atoms with Crippen LogP contribution in [0.25, 0.3) is 0 Å². The number of nitrogens with zero attached hydrogens (tertiary/aromatic N) is 2. The SMILES string of the molecule is O=C(CCC1CCCCC1)ONC(=O)N1CCN(C(=O)c2ccco2)CC1. The van der Waals surface area contributed by atoms with Crippen molar-refractivity contribution in [3.8, 4) is 0 Å². The molecule has 0 spiro atoms. The highest BCUT2D eigenvalue weighted by atomic mass is 16.7. The van der Waals surface area contributed by atoms with Gasteiger partial charge >= 0.3 is 12.0 Å². The zero-order valence-corrected chi connectivity index (χ0v) is 15.5. The van der Waals surface area contributed by atoms with Crippen LogP contribution in [0.4, 0.5) is 4.79 Å². The molecule has 1 saturated heterocycles. The van der Waals surface area contributed by atoms with Crippen LogP contribution in [0, 0.1) is 5.92 Å². The standard InChI is InChI=1S/C19H27N3O5/c23-17(9-8-15-5-2-1-3-6-15)27-20-19(25)22-12-10-21(11-13-22)18(24)16-7-4-14-26-16/h4,7,14-15H,1-3,5-6,8-13H2,(H,20,25). The van der Waals surface area contributed by atoms with Gasteiger partial charge < -0.3 is 19.1 Å². The predicted octanol–water partition coefficient (Wildman–Crippen LogP) is 2.57. The molecule has 3 amide bonds. The molecule has 0 bridgehead atoms. The van der Waals surface area contributed by atoms with Gasteiger partial charge in [0.25, 0.3) is 5.91 Å². The molecule has 0 unspecified atom stereocenters. The Hall–Kier alpha value is -2.51. The Labute approximate surface area is 158 Å². The van der Waals surface area contributed by atoms with Gasteiger partial charge in [0.1, 0.15) is 0 Å². The summed E-state index contributed by atoms with van der Waals surface area (Å²) < 4.78 is 5.11. The van der Waals surface area contributed by atoms with Crippen LogP contribution in [0.3, 0.4) is 0 Å². The van der Waals surface area contributed by atoms with Gasteiger partial charge in [-0.3, -0.25) is 4.79 Å². The van der Waals surface area contributed by atoms with Gasteiger partial charge in [0, 0.05) is 32.6 Å². The first-order valence-electron chi connectivity index (χ1n) is 9.71. The summed E-state index contributed by atoms with van der Waals surface area (Å²) in [5, 5.41) is 0. The molecule has 1 saturated carbocycles. The van der Waals surface area contributed by atoms with Crippen LogP contribution in [0.2, 0.25) is 0 Å². The fraction of sp³-hybridized carbons (Fsp3) is 0.632. The van der Waals surface area contributed by atoms with E-state index in [-0.39, 0.29) is 5.91 Å². The zero-order chi connectivity index (χ0) is 19.1. The largest absolute Gasteiger partial charge is 0.459 e. The van der Waals surface area contributed by atoms with E-state index in [1.54, 1.807) is 17.0 Å². The number of carbonyl (C=O) groups excluding carboxylic acids is 3. The van der Waals surface area contributed by atoms with Gasteiger partial charge in [0.05, 0.1) is 6.26 Å². The van der Waals surface area contributed by atoms with E-state index in [9.17, 15) is 14.4 Å². The molecule has 27 heavy (non-hydrogen) atoms. The Kier molecular flexibility index (Phi) is 6.73. The molecule has 1 N–H and O–H groups in total. The highest BCUT2D eigenvalue weighted by molar-refractivity contribution is 5.91. The van der Waals surface area contributed by atoms with Gasteiger partial charge in [-0.05, 0) is 24.5 Å². The molecule has 8 heteroatoms. The average Bonchev–Trinajstić information content (AvgIpc) is 3.25. The molecule has 148 valence electrons. The van der Waals surface area contributed by atoms with Gasteiger partial charge in [-0.25, -0.2) is 9.59 Å². The van der Waals surface area contributed by atoms with Crippen molar-refractivity contribution in [3.63, 3.8) is 0 Å². The van der Waals surface area contributed by atoms with Crippen molar-refractivity contribution < 1.29 is 23.6 Å². The Bertz CT molecular complexity index is 632. The smallest absolute Gasteiger partial charge is 0.350 e. The quantitative estimate of drug-likeness (QED) is 0.814. The van der Waals surface area contributed by atoms with E-state index in [4.69, 9.17) is 9.25 Å². The van der Waals surface area contributed by atoms with Crippen LogP contribution in [-0.4, -0.2) is 53.9 Å². The lowest BCUT2D eigenvalue weighted by Gasteiger charge is -2.33. The first kappa shape index (κ1) is 19.3. The minimum Gasteiger partial charge on any atom is -0.459 e. The van der Waals surface area contributed by atoms with Gasteiger partial charge in [-0.1, -0.05) is 32.1 Å². The van der Waals surface area contributed by atoms with E-state index in [0.717, 1.165) is 6.42 Å². The second-order valence-corrected chi connectivity index (χ2v) is 7.18. The lowest BCUT2D eigenvalue weighted by atomic mass is 9.86. The summed E-state index contributed by atoms with van der Waals surface area (Å²) in [6.45, 7) is 1.56. The van der Waals surface area contributed by atoms with Crippen LogP contribution in [-0.2, 0) is 9.63 Å². The topological polar surface area (TPSA) is 92.1 Å². The molecule has 0 atom stereocenters. The summed E-state index contributed by atoms with van der Waals surface area (Å²) in [7, 11) is 0. The third kappa shape index (κ3) is 5.48. The van der Waals surface area contributed by atoms with Crippen LogP contribution >= 0.6 is 0 Å². The number of nitrogens with one attached hydrogen (secondary N) is 1. The van der Waals surface area contributed by atoms with Gasteiger partial charge in [-0.15, -0.1) is 0 Å². The number of rotatable bonds is 4. The Morgan fingerprint density at radius 3 is 2.44 bits per heavy atom. The number of urea groups is 1. The third-order valence-electron chi connectivity index (χ3n) is 5.32. The van der Waals surface area contributed by atoms with Gasteiger partial charge in [0.2, 0.25) is 0 Å². The summed E-state index contributed by atoms with van der Waals surface area (Å²) >= 11 is 0. The molecule has 1 aromatic heterocycles. The van der Waals surface area contributed by atoms with Gasteiger partial charge in [0.15, 0.2) is 5.76 Å². The molecule has 0 aromatic carbocycles. The number of carbonyl (C=O) groups is 3. The minimum atomic E-state index is -0.453. The van der Waals surface area contributed by atoms with E-state index in [0.29, 0.717) is 44.3 Å². The van der Waals surface area contributed by atoms with Crippen LogP contribution < -0.4 is 5.48 Å². The van der Waals surface area contributed by atoms with E-state index in [1.807, 2.05) is 0 Å². The second kappa shape index (κ2) is 9.43. The Morgan fingerprint density at radius 1 is 1.07 bits per heavy atom. The van der Waals surface area contributed by atoms with Crippen LogP contribution in [0.1, 0.15) is 55.5 Å². The maximum atomic E-state index is 12.2. The molecular weight excluding hydrogens is 350 g/mol. The fourth-order valence-electron chi connectivity index (χ4n) is 3.68. The maximum absolute atomic E-state index is 12.2. The van der Waals surface area contributed by atoms with E-state index in [2.05, 4.69) is 5.48 Å². The number of piperazine rings is 1. The molecule has 3 rings (SSSR count). The normalized spacial score (nSPS) is 18.2. The molecule has 8 nitrogen and oxygen atoms in total. The molecular formula is C19H27N3O5. The monoisotopic (exact) mass is 377 g/mol. The van der Waals surface area contributed by atoms with E-state index in [1.165, 1.54) is 43.3 Å². The average molecular weight is 377 g/mol. The lowest BCUT2D eigenvalue weighted by Crippen LogP contribution is -2.53. The summed E-state index contributed by atoms with van der Waals surface area (Å²) in [4.78, 5) is 44.2. The lowest BCUT2D eigenvalue weighted by molar-refractivity contribution is -0.149. The number of hydrogen-bond donors (Lipinski definition) is 1. The molecule has 2 aliphatic rings.